The standard InChI is InChI=1S/C26H41NO15/c1-11(29)27-17-20(18(33)15(9-28)40-23(17)35-8)42-24-22(39-14(4)32)21(38-13(3)31)19(37-12(2)30)16(41-24)10-36-25(34)26(5,6)7/h15-24,28,33H,9-10H2,1-8H3,(H,27,29)/t15-,16-,17-,18+,19+,20-,21+,22-,23+,24+/m1/s1. The van der Waals surface area contributed by atoms with Gasteiger partial charge in [-0.3, -0.25) is 24.0 Å². The van der Waals surface area contributed by atoms with Crippen LogP contribution in [0.2, 0.25) is 0 Å². The quantitative estimate of drug-likeness (QED) is 0.195. The maximum absolute atomic E-state index is 12.5. The summed E-state index contributed by atoms with van der Waals surface area (Å²) in [5.74, 6) is -3.69. The van der Waals surface area contributed by atoms with Crippen molar-refractivity contribution in [3.8, 4) is 0 Å². The summed E-state index contributed by atoms with van der Waals surface area (Å²) in [7, 11) is 1.27. The topological polar surface area (TPSA) is 212 Å². The lowest BCUT2D eigenvalue weighted by molar-refractivity contribution is -0.345. The Morgan fingerprint density at radius 2 is 1.31 bits per heavy atom. The molecule has 0 aromatic heterocycles. The van der Waals surface area contributed by atoms with Crippen molar-refractivity contribution in [3.05, 3.63) is 0 Å². The first-order valence-corrected chi connectivity index (χ1v) is 13.2. The van der Waals surface area contributed by atoms with Crippen LogP contribution < -0.4 is 5.32 Å². The van der Waals surface area contributed by atoms with Crippen molar-refractivity contribution in [1.29, 1.82) is 0 Å². The minimum absolute atomic E-state index is 0.510. The van der Waals surface area contributed by atoms with Crippen LogP contribution in [0.15, 0.2) is 0 Å². The van der Waals surface area contributed by atoms with E-state index in [0.29, 0.717) is 0 Å². The molecule has 0 aromatic rings. The molecule has 3 N–H and O–H groups in total. The highest BCUT2D eigenvalue weighted by molar-refractivity contribution is 5.75. The van der Waals surface area contributed by atoms with E-state index in [1.165, 1.54) is 14.0 Å². The minimum Gasteiger partial charge on any atom is -0.462 e. The third-order valence-corrected chi connectivity index (χ3v) is 6.24. The van der Waals surface area contributed by atoms with Gasteiger partial charge in [0, 0.05) is 34.8 Å². The maximum Gasteiger partial charge on any atom is 0.311 e. The van der Waals surface area contributed by atoms with Gasteiger partial charge in [0.2, 0.25) is 5.91 Å². The van der Waals surface area contributed by atoms with Crippen molar-refractivity contribution in [2.45, 2.75) is 110 Å². The third-order valence-electron chi connectivity index (χ3n) is 6.24. The Bertz CT molecular complexity index is 981. The summed E-state index contributed by atoms with van der Waals surface area (Å²) in [4.78, 5) is 60.9. The fraction of sp³-hybridized carbons (Fsp3) is 0.808. The second-order valence-electron chi connectivity index (χ2n) is 10.9. The monoisotopic (exact) mass is 607 g/mol. The van der Waals surface area contributed by atoms with Crippen LogP contribution in [0.25, 0.3) is 0 Å². The summed E-state index contributed by atoms with van der Waals surface area (Å²) in [6.07, 6.45) is -13.0. The van der Waals surface area contributed by atoms with Crippen LogP contribution >= 0.6 is 0 Å². The number of methoxy groups -OCH3 is 1. The normalized spacial score (nSPS) is 33.2. The molecule has 2 fully saturated rings. The molecule has 2 aliphatic rings. The average molecular weight is 608 g/mol. The molecule has 0 aliphatic carbocycles. The molecule has 2 aliphatic heterocycles. The molecular formula is C26H41NO15. The molecule has 16 nitrogen and oxygen atoms in total. The van der Waals surface area contributed by atoms with E-state index in [1.807, 2.05) is 0 Å². The Balaban J connectivity index is 2.59. The molecule has 42 heavy (non-hydrogen) atoms. The van der Waals surface area contributed by atoms with Crippen molar-refractivity contribution in [2.24, 2.45) is 5.41 Å². The van der Waals surface area contributed by atoms with E-state index in [9.17, 15) is 34.2 Å². The van der Waals surface area contributed by atoms with Crippen molar-refractivity contribution < 1.29 is 72.1 Å². The second-order valence-corrected chi connectivity index (χ2v) is 10.9. The van der Waals surface area contributed by atoms with Gasteiger partial charge >= 0.3 is 23.9 Å². The maximum atomic E-state index is 12.5. The highest BCUT2D eigenvalue weighted by atomic mass is 16.7. The van der Waals surface area contributed by atoms with Crippen LogP contribution in [0.3, 0.4) is 0 Å². The fourth-order valence-electron chi connectivity index (χ4n) is 4.45. The first kappa shape index (κ1) is 35.3. The predicted molar refractivity (Wildman–Crippen MR) is 137 cm³/mol. The number of aliphatic hydroxyl groups excluding tert-OH is 2. The molecule has 10 atom stereocenters. The Kier molecular flexibility index (Phi) is 12.6. The molecule has 0 saturated carbocycles. The average Bonchev–Trinajstić information content (AvgIpc) is 2.86. The first-order chi connectivity index (χ1) is 19.5. The van der Waals surface area contributed by atoms with Gasteiger partial charge in [-0.25, -0.2) is 0 Å². The van der Waals surface area contributed by atoms with E-state index in [-0.39, 0.29) is 0 Å². The van der Waals surface area contributed by atoms with Crippen LogP contribution in [0.4, 0.5) is 0 Å². The molecule has 0 unspecified atom stereocenters. The fourth-order valence-corrected chi connectivity index (χ4v) is 4.45. The van der Waals surface area contributed by atoms with Gasteiger partial charge < -0.3 is 53.4 Å². The molecule has 240 valence electrons. The molecule has 1 amide bonds. The van der Waals surface area contributed by atoms with Crippen LogP contribution in [-0.2, 0) is 61.9 Å². The van der Waals surface area contributed by atoms with Gasteiger partial charge in [-0.2, -0.15) is 0 Å². The number of ether oxygens (including phenoxy) is 8. The molecule has 0 bridgehead atoms. The van der Waals surface area contributed by atoms with E-state index in [0.717, 1.165) is 20.8 Å². The number of nitrogens with one attached hydrogen (secondary N) is 1. The first-order valence-electron chi connectivity index (χ1n) is 13.2. The van der Waals surface area contributed by atoms with Gasteiger partial charge in [0.05, 0.1) is 12.0 Å². The number of hydrogen-bond acceptors (Lipinski definition) is 15. The molecule has 2 heterocycles. The van der Waals surface area contributed by atoms with Crippen molar-refractivity contribution in [2.75, 3.05) is 20.3 Å². The van der Waals surface area contributed by atoms with Gasteiger partial charge in [-0.05, 0) is 20.8 Å². The van der Waals surface area contributed by atoms with E-state index in [4.69, 9.17) is 37.9 Å². The van der Waals surface area contributed by atoms with Gasteiger partial charge in [0.1, 0.15) is 37.1 Å². The SMILES string of the molecule is CO[C@H]1O[C@H](CO)[C@H](O)[C@H](O[C@@H]2O[C@H](COC(=O)C(C)(C)C)[C@H](OC(C)=O)[C@H](OC(C)=O)[C@H]2OC(C)=O)[C@H]1NC(C)=O. The third kappa shape index (κ3) is 9.31. The molecular weight excluding hydrogens is 566 g/mol. The molecule has 2 rings (SSSR count). The number of hydrogen-bond donors (Lipinski definition) is 3. The lowest BCUT2D eigenvalue weighted by atomic mass is 9.95. The van der Waals surface area contributed by atoms with Gasteiger partial charge in [-0.1, -0.05) is 0 Å². The molecule has 2 saturated heterocycles. The van der Waals surface area contributed by atoms with E-state index < -0.39 is 110 Å². The number of amides is 1. The van der Waals surface area contributed by atoms with Crippen LogP contribution in [0.1, 0.15) is 48.5 Å². The summed E-state index contributed by atoms with van der Waals surface area (Å²) >= 11 is 0. The minimum atomic E-state index is -1.67. The van der Waals surface area contributed by atoms with Crippen molar-refractivity contribution in [1.82, 2.24) is 5.32 Å². The van der Waals surface area contributed by atoms with E-state index in [2.05, 4.69) is 5.32 Å². The zero-order chi connectivity index (χ0) is 31.9. The molecule has 0 spiro atoms. The van der Waals surface area contributed by atoms with Crippen molar-refractivity contribution >= 4 is 29.8 Å². The van der Waals surface area contributed by atoms with Crippen LogP contribution in [-0.4, -0.2) is 122 Å². The predicted octanol–water partition coefficient (Wildman–Crippen LogP) is -1.29. The summed E-state index contributed by atoms with van der Waals surface area (Å²) in [5.41, 5.74) is -0.913. The Morgan fingerprint density at radius 3 is 1.79 bits per heavy atom. The molecule has 16 heteroatoms. The summed E-state index contributed by atoms with van der Waals surface area (Å²) < 4.78 is 44.6. The number of aliphatic hydroxyl groups is 2. The number of esters is 4. The second kappa shape index (κ2) is 15.0. The Morgan fingerprint density at radius 1 is 0.786 bits per heavy atom. The van der Waals surface area contributed by atoms with Gasteiger partial charge in [0.25, 0.3) is 0 Å². The number of rotatable bonds is 10. The summed E-state index contributed by atoms with van der Waals surface area (Å²) in [6, 6.07) is -1.18. The number of carbonyl (C=O) groups excluding carboxylic acids is 5. The molecule has 0 radical (unpaired) electrons. The lowest BCUT2D eigenvalue weighted by Crippen LogP contribution is -2.68. The Hall–Kier alpha value is -2.89. The van der Waals surface area contributed by atoms with Crippen molar-refractivity contribution in [3.63, 3.8) is 0 Å². The van der Waals surface area contributed by atoms with E-state index >= 15 is 0 Å². The molecule has 0 aromatic carbocycles. The zero-order valence-electron chi connectivity index (χ0n) is 24.9. The van der Waals surface area contributed by atoms with Crippen LogP contribution in [0, 0.1) is 5.41 Å². The summed E-state index contributed by atoms with van der Waals surface area (Å²) in [6.45, 7) is 8.09. The van der Waals surface area contributed by atoms with E-state index in [1.54, 1.807) is 20.8 Å². The highest BCUT2D eigenvalue weighted by Gasteiger charge is 2.56. The number of carbonyl (C=O) groups is 5. The highest BCUT2D eigenvalue weighted by Crippen LogP contribution is 2.33. The smallest absolute Gasteiger partial charge is 0.311 e. The Labute approximate surface area is 243 Å². The lowest BCUT2D eigenvalue weighted by Gasteiger charge is -2.48. The van der Waals surface area contributed by atoms with Crippen LogP contribution in [0.5, 0.6) is 0 Å². The largest absolute Gasteiger partial charge is 0.462 e. The van der Waals surface area contributed by atoms with Gasteiger partial charge in [-0.15, -0.1) is 0 Å². The zero-order valence-corrected chi connectivity index (χ0v) is 24.9. The van der Waals surface area contributed by atoms with Gasteiger partial charge in [0.15, 0.2) is 30.9 Å². The summed E-state index contributed by atoms with van der Waals surface area (Å²) in [5, 5.41) is 23.4.